The zero-order chi connectivity index (χ0) is 18.0. The fourth-order valence-electron chi connectivity index (χ4n) is 2.05. The van der Waals surface area contributed by atoms with Gasteiger partial charge in [0.15, 0.2) is 5.82 Å². The zero-order valence-electron chi connectivity index (χ0n) is 13.9. The summed E-state index contributed by atoms with van der Waals surface area (Å²) < 4.78 is 0. The maximum atomic E-state index is 12.2. The number of rotatable bonds is 5. The predicted molar refractivity (Wildman–Crippen MR) is 91.0 cm³/mol. The molecule has 0 fully saturated rings. The van der Waals surface area contributed by atoms with E-state index in [1.165, 1.54) is 11.8 Å². The number of allylic oxidation sites excluding steroid dienone is 1. The van der Waals surface area contributed by atoms with Crippen LogP contribution in [0.3, 0.4) is 0 Å². The van der Waals surface area contributed by atoms with E-state index in [4.69, 9.17) is 0 Å². The molecule has 0 aromatic carbocycles. The van der Waals surface area contributed by atoms with Gasteiger partial charge in [-0.15, -0.1) is 18.3 Å². The number of aromatic nitrogens is 2. The highest BCUT2D eigenvalue weighted by Crippen LogP contribution is 2.28. The number of hydrogen-bond acceptors (Lipinski definition) is 7. The number of amides is 2. The average Bonchev–Trinajstić information content (AvgIpc) is 2.78. The summed E-state index contributed by atoms with van der Waals surface area (Å²) in [5, 5.41) is 10.8. The molecule has 7 nitrogen and oxygen atoms in total. The monoisotopic (exact) mass is 343 g/mol. The third kappa shape index (κ3) is 2.90. The minimum absolute atomic E-state index is 0.129. The van der Waals surface area contributed by atoms with Crippen LogP contribution in [0.1, 0.15) is 38.1 Å². The number of anilines is 1. The quantitative estimate of drug-likeness (QED) is 0.379. The Labute approximate surface area is 144 Å². The van der Waals surface area contributed by atoms with Gasteiger partial charge in [0.2, 0.25) is 0 Å². The molecule has 1 atom stereocenters. The number of nitriles is 1. The van der Waals surface area contributed by atoms with Crippen LogP contribution >= 0.6 is 11.8 Å². The summed E-state index contributed by atoms with van der Waals surface area (Å²) in [6.45, 7) is 8.75. The van der Waals surface area contributed by atoms with E-state index >= 15 is 0 Å². The predicted octanol–water partition coefficient (Wildman–Crippen LogP) is 2.39. The van der Waals surface area contributed by atoms with E-state index in [1.807, 2.05) is 13.0 Å². The van der Waals surface area contributed by atoms with Crippen LogP contribution in [0.15, 0.2) is 28.8 Å². The second-order valence-electron chi connectivity index (χ2n) is 5.26. The van der Waals surface area contributed by atoms with Crippen LogP contribution in [0, 0.1) is 11.3 Å². The fraction of sp³-hybridized carbons (Fsp3) is 0.312. The van der Waals surface area contributed by atoms with Crippen LogP contribution < -0.4 is 5.43 Å². The van der Waals surface area contributed by atoms with Crippen LogP contribution in [-0.4, -0.2) is 33.0 Å². The van der Waals surface area contributed by atoms with Gasteiger partial charge in [0.05, 0.1) is 0 Å². The molecule has 0 radical (unpaired) electrons. The first-order valence-corrected chi connectivity index (χ1v) is 8.39. The third-order valence-corrected chi connectivity index (χ3v) is 4.47. The topological polar surface area (TPSA) is 99.0 Å². The third-order valence-electron chi connectivity index (χ3n) is 3.79. The van der Waals surface area contributed by atoms with Crippen molar-refractivity contribution < 1.29 is 9.59 Å². The Kier molecular flexibility index (Phi) is 5.04. The molecule has 0 bridgehead atoms. The van der Waals surface area contributed by atoms with Crippen LogP contribution in [0.25, 0.3) is 0 Å². The van der Waals surface area contributed by atoms with E-state index in [0.717, 1.165) is 5.01 Å². The molecule has 0 spiro atoms. The second-order valence-corrected chi connectivity index (χ2v) is 6.05. The van der Waals surface area contributed by atoms with Gasteiger partial charge >= 0.3 is 0 Å². The lowest BCUT2D eigenvalue weighted by molar-refractivity contribution is -0.135. The maximum absolute atomic E-state index is 12.2. The first kappa shape index (κ1) is 17.7. The van der Waals surface area contributed by atoms with Crippen molar-refractivity contribution in [1.82, 2.24) is 15.0 Å². The van der Waals surface area contributed by atoms with Crippen LogP contribution in [0.5, 0.6) is 0 Å². The van der Waals surface area contributed by atoms with Crippen molar-refractivity contribution in [1.29, 1.82) is 5.26 Å². The molecule has 2 amide bonds. The molecular weight excluding hydrogens is 326 g/mol. The minimum atomic E-state index is -0.455. The summed E-state index contributed by atoms with van der Waals surface area (Å²) in [4.78, 5) is 33.1. The van der Waals surface area contributed by atoms with E-state index < -0.39 is 11.8 Å². The first-order valence-electron chi connectivity index (χ1n) is 7.17. The van der Waals surface area contributed by atoms with Gasteiger partial charge in [-0.05, 0) is 20.1 Å². The molecule has 1 aromatic heterocycles. The number of carbonyl (C=O) groups excluding carboxylic acids is 2. The van der Waals surface area contributed by atoms with E-state index in [1.54, 1.807) is 26.2 Å². The Morgan fingerprint density at radius 1 is 1.29 bits per heavy atom. The fourth-order valence-corrected chi connectivity index (χ4v) is 2.58. The number of hydrogen-bond donors (Lipinski definition) is 1. The van der Waals surface area contributed by atoms with Gasteiger partial charge in [-0.3, -0.25) is 15.0 Å². The van der Waals surface area contributed by atoms with E-state index in [9.17, 15) is 14.9 Å². The maximum Gasteiger partial charge on any atom is 0.275 e. The number of nitrogens with one attached hydrogen (secondary N) is 1. The second kappa shape index (κ2) is 6.84. The molecule has 0 saturated heterocycles. The van der Waals surface area contributed by atoms with Gasteiger partial charge in [-0.2, -0.15) is 10.3 Å². The zero-order valence-corrected chi connectivity index (χ0v) is 14.7. The van der Waals surface area contributed by atoms with Gasteiger partial charge < -0.3 is 0 Å². The molecule has 1 aliphatic rings. The molecule has 0 saturated carbocycles. The summed E-state index contributed by atoms with van der Waals surface area (Å²) >= 11 is 1.29. The first-order chi connectivity index (χ1) is 11.3. The molecule has 124 valence electrons. The van der Waals surface area contributed by atoms with E-state index in [-0.39, 0.29) is 17.3 Å². The van der Waals surface area contributed by atoms with Crippen molar-refractivity contribution >= 4 is 29.4 Å². The highest BCUT2D eigenvalue weighted by molar-refractivity contribution is 7.98. The van der Waals surface area contributed by atoms with Crippen molar-refractivity contribution in [3.05, 3.63) is 35.2 Å². The van der Waals surface area contributed by atoms with Crippen LogP contribution in [0.4, 0.5) is 5.82 Å². The Bertz CT molecular complexity index is 785. The van der Waals surface area contributed by atoms with Gasteiger partial charge in [0.25, 0.3) is 11.8 Å². The van der Waals surface area contributed by atoms with Crippen molar-refractivity contribution in [3.63, 3.8) is 0 Å². The minimum Gasteiger partial charge on any atom is -0.270 e. The average molecular weight is 343 g/mol. The van der Waals surface area contributed by atoms with Crippen molar-refractivity contribution in [2.24, 2.45) is 0 Å². The highest BCUT2D eigenvalue weighted by atomic mass is 32.2. The largest absolute Gasteiger partial charge is 0.275 e. The van der Waals surface area contributed by atoms with Crippen molar-refractivity contribution in [2.45, 2.75) is 31.7 Å². The molecule has 8 heteroatoms. The Hall–Kier alpha value is -2.66. The number of hydrazine groups is 1. The summed E-state index contributed by atoms with van der Waals surface area (Å²) in [5.41, 5.74) is 3.60. The summed E-state index contributed by atoms with van der Waals surface area (Å²) in [7, 11) is 0. The molecule has 0 aliphatic carbocycles. The lowest BCUT2D eigenvalue weighted by Gasteiger charge is -2.19. The Balaban J connectivity index is 2.50. The number of imide groups is 1. The normalized spacial score (nSPS) is 15.5. The highest BCUT2D eigenvalue weighted by Gasteiger charge is 2.34. The Morgan fingerprint density at radius 3 is 2.33 bits per heavy atom. The summed E-state index contributed by atoms with van der Waals surface area (Å²) in [6, 6.07) is 2.03. The SMILES string of the molecule is C=CC(C)c1nc(NN2C(=O)C(C)=C(C)C2=O)c(C#N)c(SC)n1. The molecule has 24 heavy (non-hydrogen) atoms. The van der Waals surface area contributed by atoms with Gasteiger partial charge in [0, 0.05) is 17.1 Å². The molecule has 1 aromatic rings. The smallest absolute Gasteiger partial charge is 0.270 e. The van der Waals surface area contributed by atoms with Crippen LogP contribution in [0.2, 0.25) is 0 Å². The lowest BCUT2D eigenvalue weighted by Crippen LogP contribution is -2.37. The number of thioether (sulfide) groups is 1. The van der Waals surface area contributed by atoms with Gasteiger partial charge in [-0.1, -0.05) is 13.0 Å². The lowest BCUT2D eigenvalue weighted by atomic mass is 10.1. The van der Waals surface area contributed by atoms with E-state index in [0.29, 0.717) is 22.0 Å². The van der Waals surface area contributed by atoms with Crippen molar-refractivity contribution in [3.8, 4) is 6.07 Å². The molecular formula is C16H17N5O2S. The van der Waals surface area contributed by atoms with Crippen molar-refractivity contribution in [2.75, 3.05) is 11.7 Å². The van der Waals surface area contributed by atoms with Crippen LogP contribution in [-0.2, 0) is 9.59 Å². The standard InChI is InChI=1S/C16H17N5O2S/c1-6-8(2)12-18-13(11(7-17)14(19-12)24-5)20-21-15(22)9(3)10(4)16(21)23/h6,8H,1H2,2-5H3,(H,18,19,20). The molecule has 1 unspecified atom stereocenters. The summed E-state index contributed by atoms with van der Waals surface area (Å²) in [6.07, 6.45) is 3.47. The van der Waals surface area contributed by atoms with E-state index in [2.05, 4.69) is 22.0 Å². The number of nitrogens with zero attached hydrogens (tertiary/aromatic N) is 4. The molecule has 1 N–H and O–H groups in total. The number of carbonyl (C=O) groups is 2. The van der Waals surface area contributed by atoms with Gasteiger partial charge in [-0.25, -0.2) is 9.97 Å². The Morgan fingerprint density at radius 2 is 1.88 bits per heavy atom. The molecule has 2 rings (SSSR count). The molecule has 2 heterocycles. The van der Waals surface area contributed by atoms with Gasteiger partial charge in [0.1, 0.15) is 22.5 Å². The molecule has 1 aliphatic heterocycles. The summed E-state index contributed by atoms with van der Waals surface area (Å²) in [5.74, 6) is -0.468.